The molecule has 0 unspecified atom stereocenters. The molecule has 3 aromatic rings. The highest BCUT2D eigenvalue weighted by Gasteiger charge is 2.20. The third-order valence-corrected chi connectivity index (χ3v) is 7.01. The highest BCUT2D eigenvalue weighted by Crippen LogP contribution is 2.23. The van der Waals surface area contributed by atoms with Crippen molar-refractivity contribution in [2.75, 3.05) is 25.2 Å². The van der Waals surface area contributed by atoms with Crippen LogP contribution >= 0.6 is 11.8 Å². The largest absolute Gasteiger partial charge is 0.325 e. The standard InChI is InChI=1S/C19H21N5O3S2/c1-14-9-10-15(11-17(14)29(26,27)23(2)3)21-18(25)12-28-19-22-20-13-24(19)16-7-5-4-6-8-16/h4-11,13H,12H2,1-3H3,(H,21,25). The molecule has 0 aliphatic heterocycles. The molecule has 8 nitrogen and oxygen atoms in total. The summed E-state index contributed by atoms with van der Waals surface area (Å²) >= 11 is 1.24. The van der Waals surface area contributed by atoms with Crippen LogP contribution in [0.4, 0.5) is 5.69 Å². The summed E-state index contributed by atoms with van der Waals surface area (Å²) in [6.45, 7) is 1.72. The quantitative estimate of drug-likeness (QED) is 0.578. The highest BCUT2D eigenvalue weighted by molar-refractivity contribution is 7.99. The van der Waals surface area contributed by atoms with E-state index in [9.17, 15) is 13.2 Å². The Hall–Kier alpha value is -2.69. The molecule has 1 amide bonds. The molecule has 0 radical (unpaired) electrons. The van der Waals surface area contributed by atoms with Crippen LogP contribution in [-0.4, -0.2) is 53.2 Å². The van der Waals surface area contributed by atoms with Crippen molar-refractivity contribution in [2.24, 2.45) is 0 Å². The lowest BCUT2D eigenvalue weighted by Crippen LogP contribution is -2.23. The Labute approximate surface area is 174 Å². The smallest absolute Gasteiger partial charge is 0.242 e. The van der Waals surface area contributed by atoms with Gasteiger partial charge in [0, 0.05) is 25.5 Å². The van der Waals surface area contributed by atoms with Crippen molar-refractivity contribution >= 4 is 33.4 Å². The molecule has 10 heteroatoms. The fourth-order valence-corrected chi connectivity index (χ4v) is 4.44. The van der Waals surface area contributed by atoms with Crippen LogP contribution in [0, 0.1) is 6.92 Å². The number of nitrogens with one attached hydrogen (secondary N) is 1. The molecule has 1 heterocycles. The van der Waals surface area contributed by atoms with Crippen LogP contribution < -0.4 is 5.32 Å². The van der Waals surface area contributed by atoms with Gasteiger partial charge >= 0.3 is 0 Å². The summed E-state index contributed by atoms with van der Waals surface area (Å²) < 4.78 is 27.8. The Bertz CT molecular complexity index is 1110. The van der Waals surface area contributed by atoms with Gasteiger partial charge in [0.2, 0.25) is 15.9 Å². The maximum Gasteiger partial charge on any atom is 0.242 e. The second-order valence-corrected chi connectivity index (χ2v) is 9.49. The molecular weight excluding hydrogens is 410 g/mol. The first-order valence-electron chi connectivity index (χ1n) is 8.70. The SMILES string of the molecule is Cc1ccc(NC(=O)CSc2nncn2-c2ccccc2)cc1S(=O)(=O)N(C)C. The Morgan fingerprint density at radius 3 is 2.59 bits per heavy atom. The molecular formula is C19H21N5O3S2. The van der Waals surface area contributed by atoms with E-state index in [-0.39, 0.29) is 16.6 Å². The van der Waals surface area contributed by atoms with Gasteiger partial charge in [-0.2, -0.15) is 0 Å². The minimum atomic E-state index is -3.59. The van der Waals surface area contributed by atoms with Crippen molar-refractivity contribution in [2.45, 2.75) is 17.0 Å². The number of benzene rings is 2. The van der Waals surface area contributed by atoms with E-state index >= 15 is 0 Å². The van der Waals surface area contributed by atoms with Crippen LogP contribution in [0.3, 0.4) is 0 Å². The monoisotopic (exact) mass is 431 g/mol. The number of aromatic nitrogens is 3. The average Bonchev–Trinajstić information content (AvgIpc) is 3.17. The summed E-state index contributed by atoms with van der Waals surface area (Å²) in [6.07, 6.45) is 1.59. The zero-order valence-corrected chi connectivity index (χ0v) is 17.9. The number of thioether (sulfide) groups is 1. The first-order valence-corrected chi connectivity index (χ1v) is 11.1. The number of hydrogen-bond donors (Lipinski definition) is 1. The second-order valence-electron chi connectivity index (χ2n) is 6.42. The Morgan fingerprint density at radius 1 is 1.17 bits per heavy atom. The lowest BCUT2D eigenvalue weighted by Gasteiger charge is -2.15. The van der Waals surface area contributed by atoms with Gasteiger partial charge in [-0.05, 0) is 36.8 Å². The van der Waals surface area contributed by atoms with Gasteiger partial charge in [-0.1, -0.05) is 36.0 Å². The molecule has 0 aliphatic rings. The van der Waals surface area contributed by atoms with Crippen LogP contribution in [0.1, 0.15) is 5.56 Å². The molecule has 3 rings (SSSR count). The third-order valence-electron chi connectivity index (χ3n) is 4.11. The first kappa shape index (κ1) is 21.0. The van der Waals surface area contributed by atoms with Crippen molar-refractivity contribution in [1.82, 2.24) is 19.1 Å². The summed E-state index contributed by atoms with van der Waals surface area (Å²) in [7, 11) is -0.651. The fourth-order valence-electron chi connectivity index (χ4n) is 2.57. The Morgan fingerprint density at radius 2 is 1.90 bits per heavy atom. The highest BCUT2D eigenvalue weighted by atomic mass is 32.2. The van der Waals surface area contributed by atoms with Crippen molar-refractivity contribution < 1.29 is 13.2 Å². The summed E-state index contributed by atoms with van der Waals surface area (Å²) in [6, 6.07) is 14.4. The number of anilines is 1. The average molecular weight is 432 g/mol. The number of hydrogen-bond acceptors (Lipinski definition) is 6. The minimum Gasteiger partial charge on any atom is -0.325 e. The molecule has 0 aliphatic carbocycles. The summed E-state index contributed by atoms with van der Waals surface area (Å²) in [5.74, 6) is -0.163. The van der Waals surface area contributed by atoms with Gasteiger partial charge in [0.05, 0.1) is 10.6 Å². The van der Waals surface area contributed by atoms with Crippen LogP contribution in [-0.2, 0) is 14.8 Å². The van der Waals surface area contributed by atoms with Gasteiger partial charge in [-0.25, -0.2) is 12.7 Å². The van der Waals surface area contributed by atoms with E-state index in [2.05, 4.69) is 15.5 Å². The van der Waals surface area contributed by atoms with E-state index in [4.69, 9.17) is 0 Å². The second kappa shape index (κ2) is 8.76. The van der Waals surface area contributed by atoms with E-state index < -0.39 is 10.0 Å². The minimum absolute atomic E-state index is 0.106. The molecule has 152 valence electrons. The molecule has 0 bridgehead atoms. The normalized spacial score (nSPS) is 11.6. The number of sulfonamides is 1. The van der Waals surface area contributed by atoms with Gasteiger partial charge in [0.25, 0.3) is 0 Å². The predicted molar refractivity (Wildman–Crippen MR) is 113 cm³/mol. The Balaban J connectivity index is 1.69. The molecule has 0 saturated carbocycles. The van der Waals surface area contributed by atoms with Gasteiger partial charge in [-0.3, -0.25) is 9.36 Å². The molecule has 2 aromatic carbocycles. The predicted octanol–water partition coefficient (Wildman–Crippen LogP) is 2.56. The van der Waals surface area contributed by atoms with Crippen LogP contribution in [0.15, 0.2) is 64.9 Å². The molecule has 29 heavy (non-hydrogen) atoms. The van der Waals surface area contributed by atoms with E-state index in [0.29, 0.717) is 16.4 Å². The van der Waals surface area contributed by atoms with E-state index in [1.54, 1.807) is 30.0 Å². The number of carbonyl (C=O) groups is 1. The lowest BCUT2D eigenvalue weighted by atomic mass is 10.2. The van der Waals surface area contributed by atoms with Crippen LogP contribution in [0.25, 0.3) is 5.69 Å². The summed E-state index contributed by atoms with van der Waals surface area (Å²) in [5.41, 5.74) is 1.94. The summed E-state index contributed by atoms with van der Waals surface area (Å²) in [5, 5.41) is 11.3. The van der Waals surface area contributed by atoms with Crippen molar-refractivity contribution in [3.63, 3.8) is 0 Å². The number of para-hydroxylation sites is 1. The third kappa shape index (κ3) is 4.84. The van der Waals surface area contributed by atoms with Crippen LogP contribution in [0.5, 0.6) is 0 Å². The number of aryl methyl sites for hydroxylation is 1. The van der Waals surface area contributed by atoms with E-state index in [1.807, 2.05) is 30.3 Å². The van der Waals surface area contributed by atoms with Crippen molar-refractivity contribution in [3.8, 4) is 5.69 Å². The molecule has 1 N–H and O–H groups in total. The van der Waals surface area contributed by atoms with Gasteiger partial charge in [0.1, 0.15) is 6.33 Å². The fraction of sp³-hybridized carbons (Fsp3) is 0.211. The number of amides is 1. The Kier molecular flexibility index (Phi) is 6.36. The lowest BCUT2D eigenvalue weighted by molar-refractivity contribution is -0.113. The van der Waals surface area contributed by atoms with Crippen molar-refractivity contribution in [3.05, 3.63) is 60.4 Å². The number of nitrogens with zero attached hydrogens (tertiary/aromatic N) is 4. The topological polar surface area (TPSA) is 97.2 Å². The molecule has 0 spiro atoms. The van der Waals surface area contributed by atoms with E-state index in [1.165, 1.54) is 31.9 Å². The number of rotatable bonds is 7. The summed E-state index contributed by atoms with van der Waals surface area (Å²) in [4.78, 5) is 12.5. The number of carbonyl (C=O) groups excluding carboxylic acids is 1. The van der Waals surface area contributed by atoms with Gasteiger partial charge < -0.3 is 5.32 Å². The van der Waals surface area contributed by atoms with Gasteiger partial charge in [0.15, 0.2) is 5.16 Å². The molecule has 1 aromatic heterocycles. The molecule has 0 atom stereocenters. The zero-order chi connectivity index (χ0) is 21.0. The maximum atomic E-state index is 12.4. The van der Waals surface area contributed by atoms with E-state index in [0.717, 1.165) is 9.99 Å². The molecule has 0 saturated heterocycles. The van der Waals surface area contributed by atoms with Crippen LogP contribution in [0.2, 0.25) is 0 Å². The van der Waals surface area contributed by atoms with Gasteiger partial charge in [-0.15, -0.1) is 10.2 Å². The molecule has 0 fully saturated rings. The first-order chi connectivity index (χ1) is 13.8. The van der Waals surface area contributed by atoms with Crippen molar-refractivity contribution in [1.29, 1.82) is 0 Å². The zero-order valence-electron chi connectivity index (χ0n) is 16.2. The maximum absolute atomic E-state index is 12.4.